The van der Waals surface area contributed by atoms with Gasteiger partial charge in [-0.15, -0.1) is 0 Å². The number of thioether (sulfide) groups is 1. The zero-order valence-corrected chi connectivity index (χ0v) is 13.3. The molecule has 1 aromatic rings. The van der Waals surface area contributed by atoms with Gasteiger partial charge in [-0.05, 0) is 44.4 Å². The summed E-state index contributed by atoms with van der Waals surface area (Å²) in [7, 11) is 0. The van der Waals surface area contributed by atoms with Crippen molar-refractivity contribution in [1.82, 2.24) is 5.32 Å². The van der Waals surface area contributed by atoms with Gasteiger partial charge in [0.15, 0.2) is 0 Å². The van der Waals surface area contributed by atoms with E-state index in [4.69, 9.17) is 4.74 Å². The van der Waals surface area contributed by atoms with Crippen LogP contribution < -0.4 is 5.32 Å². The predicted octanol–water partition coefficient (Wildman–Crippen LogP) is 3.70. The Morgan fingerprint density at radius 3 is 3.10 bits per heavy atom. The molecule has 1 aromatic carbocycles. The Balaban J connectivity index is 1.62. The Morgan fingerprint density at radius 2 is 2.35 bits per heavy atom. The molecule has 3 heteroatoms. The van der Waals surface area contributed by atoms with Gasteiger partial charge in [0, 0.05) is 24.4 Å². The first-order chi connectivity index (χ1) is 9.67. The van der Waals surface area contributed by atoms with Gasteiger partial charge in [0.1, 0.15) is 0 Å². The minimum absolute atomic E-state index is 0.174. The molecule has 0 bridgehead atoms. The fraction of sp³-hybridized carbons (Fsp3) is 0.647. The largest absolute Gasteiger partial charge is 0.374 e. The summed E-state index contributed by atoms with van der Waals surface area (Å²) in [6, 6.07) is 9.85. The zero-order valence-electron chi connectivity index (χ0n) is 12.5. The maximum absolute atomic E-state index is 6.10. The van der Waals surface area contributed by atoms with Crippen LogP contribution in [0.4, 0.5) is 0 Å². The standard InChI is InChI=1S/C17H25NOS/c1-13-4-3-5-15(10-13)14(2)18-16-6-8-19-17(11-16)7-9-20-12-17/h3-5,10,14,16,18H,6-9,11-12H2,1-2H3/t14-,16?,17?/m1/s1. The van der Waals surface area contributed by atoms with Gasteiger partial charge in [-0.2, -0.15) is 11.8 Å². The molecule has 2 aliphatic rings. The third-order valence-corrected chi connectivity index (χ3v) is 5.81. The van der Waals surface area contributed by atoms with Crippen molar-refractivity contribution in [2.45, 2.75) is 50.8 Å². The first-order valence-corrected chi connectivity index (χ1v) is 8.87. The SMILES string of the molecule is Cc1cccc([C@@H](C)NC2CCOC3(CCSC3)C2)c1. The highest BCUT2D eigenvalue weighted by molar-refractivity contribution is 7.99. The molecule has 2 fully saturated rings. The number of hydrogen-bond donors (Lipinski definition) is 1. The van der Waals surface area contributed by atoms with Gasteiger partial charge in [-0.1, -0.05) is 29.8 Å². The number of hydrogen-bond acceptors (Lipinski definition) is 3. The number of nitrogens with one attached hydrogen (secondary N) is 1. The minimum atomic E-state index is 0.174. The van der Waals surface area contributed by atoms with Crippen LogP contribution in [0.5, 0.6) is 0 Å². The van der Waals surface area contributed by atoms with Crippen LogP contribution in [0.25, 0.3) is 0 Å². The van der Waals surface area contributed by atoms with Crippen LogP contribution in [-0.2, 0) is 4.74 Å². The monoisotopic (exact) mass is 291 g/mol. The van der Waals surface area contributed by atoms with Crippen LogP contribution in [0.2, 0.25) is 0 Å². The van der Waals surface area contributed by atoms with Crippen molar-refractivity contribution in [3.63, 3.8) is 0 Å². The second kappa shape index (κ2) is 6.08. The molecule has 2 unspecified atom stereocenters. The van der Waals surface area contributed by atoms with E-state index < -0.39 is 0 Å². The number of benzene rings is 1. The van der Waals surface area contributed by atoms with E-state index >= 15 is 0 Å². The summed E-state index contributed by atoms with van der Waals surface area (Å²) in [6.07, 6.45) is 3.55. The van der Waals surface area contributed by atoms with Crippen LogP contribution in [0, 0.1) is 6.92 Å². The molecule has 3 atom stereocenters. The molecular formula is C17H25NOS. The molecule has 2 aliphatic heterocycles. The third kappa shape index (κ3) is 3.21. The summed E-state index contributed by atoms with van der Waals surface area (Å²) < 4.78 is 6.10. The second-order valence-electron chi connectivity index (χ2n) is 6.33. The van der Waals surface area contributed by atoms with E-state index in [-0.39, 0.29) is 5.60 Å². The van der Waals surface area contributed by atoms with E-state index in [0.29, 0.717) is 12.1 Å². The molecule has 0 aromatic heterocycles. The van der Waals surface area contributed by atoms with E-state index in [9.17, 15) is 0 Å². The fourth-order valence-corrected chi connectivity index (χ4v) is 4.80. The average molecular weight is 291 g/mol. The molecule has 0 radical (unpaired) electrons. The first kappa shape index (κ1) is 14.4. The Kier molecular flexibility index (Phi) is 4.39. The van der Waals surface area contributed by atoms with Crippen molar-refractivity contribution in [1.29, 1.82) is 0 Å². The van der Waals surface area contributed by atoms with E-state index in [1.165, 1.54) is 35.5 Å². The number of rotatable bonds is 3. The first-order valence-electron chi connectivity index (χ1n) is 7.71. The van der Waals surface area contributed by atoms with Gasteiger partial charge < -0.3 is 10.1 Å². The molecule has 20 heavy (non-hydrogen) atoms. The summed E-state index contributed by atoms with van der Waals surface area (Å²) in [5, 5.41) is 3.82. The lowest BCUT2D eigenvalue weighted by molar-refractivity contribution is -0.0711. The van der Waals surface area contributed by atoms with Crippen molar-refractivity contribution in [3.05, 3.63) is 35.4 Å². The van der Waals surface area contributed by atoms with Crippen molar-refractivity contribution in [2.24, 2.45) is 0 Å². The normalized spacial score (nSPS) is 31.6. The topological polar surface area (TPSA) is 21.3 Å². The molecule has 3 rings (SSSR count). The van der Waals surface area contributed by atoms with Crippen LogP contribution in [-0.4, -0.2) is 29.8 Å². The van der Waals surface area contributed by atoms with Crippen molar-refractivity contribution < 1.29 is 4.74 Å². The number of aryl methyl sites for hydroxylation is 1. The predicted molar refractivity (Wildman–Crippen MR) is 86.4 cm³/mol. The van der Waals surface area contributed by atoms with Gasteiger partial charge in [0.2, 0.25) is 0 Å². The molecule has 2 heterocycles. The maximum atomic E-state index is 6.10. The summed E-state index contributed by atoms with van der Waals surface area (Å²) in [5.41, 5.74) is 2.91. The smallest absolute Gasteiger partial charge is 0.0795 e. The average Bonchev–Trinajstić information content (AvgIpc) is 2.87. The van der Waals surface area contributed by atoms with Gasteiger partial charge in [0.05, 0.1) is 5.60 Å². The summed E-state index contributed by atoms with van der Waals surface area (Å²) in [4.78, 5) is 0. The Labute approximate surface area is 126 Å². The molecule has 0 saturated carbocycles. The molecule has 0 amide bonds. The Hall–Kier alpha value is -0.510. The highest BCUT2D eigenvalue weighted by Crippen LogP contribution is 2.38. The molecule has 2 saturated heterocycles. The van der Waals surface area contributed by atoms with Crippen LogP contribution >= 0.6 is 11.8 Å². The second-order valence-corrected chi connectivity index (χ2v) is 7.43. The van der Waals surface area contributed by atoms with E-state index in [1.54, 1.807) is 0 Å². The highest BCUT2D eigenvalue weighted by Gasteiger charge is 2.40. The van der Waals surface area contributed by atoms with Crippen LogP contribution in [0.15, 0.2) is 24.3 Å². The van der Waals surface area contributed by atoms with Gasteiger partial charge in [0.25, 0.3) is 0 Å². The van der Waals surface area contributed by atoms with E-state index in [0.717, 1.165) is 13.0 Å². The van der Waals surface area contributed by atoms with Crippen molar-refractivity contribution in [2.75, 3.05) is 18.1 Å². The zero-order chi connectivity index (χ0) is 14.0. The molecule has 1 spiro atoms. The fourth-order valence-electron chi connectivity index (χ4n) is 3.42. The van der Waals surface area contributed by atoms with E-state index in [2.05, 4.69) is 43.4 Å². The van der Waals surface area contributed by atoms with Gasteiger partial charge in [-0.3, -0.25) is 0 Å². The van der Waals surface area contributed by atoms with E-state index in [1.807, 2.05) is 11.8 Å². The Morgan fingerprint density at radius 1 is 1.45 bits per heavy atom. The Bertz CT molecular complexity index is 456. The summed E-state index contributed by atoms with van der Waals surface area (Å²) in [5.74, 6) is 2.45. The number of ether oxygens (including phenoxy) is 1. The molecular weight excluding hydrogens is 266 g/mol. The van der Waals surface area contributed by atoms with Crippen molar-refractivity contribution >= 4 is 11.8 Å². The lowest BCUT2D eigenvalue weighted by Gasteiger charge is -2.39. The quantitative estimate of drug-likeness (QED) is 0.917. The third-order valence-electron chi connectivity index (χ3n) is 4.59. The van der Waals surface area contributed by atoms with Crippen molar-refractivity contribution in [3.8, 4) is 0 Å². The summed E-state index contributed by atoms with van der Waals surface area (Å²) in [6.45, 7) is 5.36. The van der Waals surface area contributed by atoms with Crippen LogP contribution in [0.3, 0.4) is 0 Å². The minimum Gasteiger partial charge on any atom is -0.374 e. The van der Waals surface area contributed by atoms with Gasteiger partial charge >= 0.3 is 0 Å². The maximum Gasteiger partial charge on any atom is 0.0795 e. The highest BCUT2D eigenvalue weighted by atomic mass is 32.2. The van der Waals surface area contributed by atoms with Crippen LogP contribution in [0.1, 0.15) is 43.4 Å². The molecule has 1 N–H and O–H groups in total. The van der Waals surface area contributed by atoms with Gasteiger partial charge in [-0.25, -0.2) is 0 Å². The molecule has 0 aliphatic carbocycles. The lowest BCUT2D eigenvalue weighted by Crippen LogP contribution is -2.47. The summed E-state index contributed by atoms with van der Waals surface area (Å²) >= 11 is 2.05. The molecule has 110 valence electrons. The lowest BCUT2D eigenvalue weighted by atomic mass is 9.89. The molecule has 2 nitrogen and oxygen atoms in total.